The molecule has 1 rings (SSSR count). The molecule has 0 fully saturated rings. The summed E-state index contributed by atoms with van der Waals surface area (Å²) in [5, 5.41) is 2.95. The van der Waals surface area contributed by atoms with Gasteiger partial charge in [-0.1, -0.05) is 30.4 Å². The summed E-state index contributed by atoms with van der Waals surface area (Å²) in [6.45, 7) is 0.789. The Kier molecular flexibility index (Phi) is 5.09. The van der Waals surface area contributed by atoms with Crippen LogP contribution in [0, 0.1) is 0 Å². The maximum atomic E-state index is 12.2. The largest absolute Gasteiger partial charge is 0.454 e. The highest BCUT2D eigenvalue weighted by Crippen LogP contribution is 2.22. The van der Waals surface area contributed by atoms with Crippen molar-refractivity contribution in [2.24, 2.45) is 0 Å². The number of rotatable bonds is 5. The van der Waals surface area contributed by atoms with Crippen LogP contribution in [0.4, 0.5) is 13.2 Å². The molecular weight excluding hydrogens is 243 g/mol. The Balaban J connectivity index is 2.80. The van der Waals surface area contributed by atoms with Crippen LogP contribution in [0.3, 0.4) is 0 Å². The Morgan fingerprint density at radius 1 is 1.39 bits per heavy atom. The number of carbonyl (C=O) groups excluding carboxylic acids is 1. The molecule has 5 heteroatoms. The van der Waals surface area contributed by atoms with Crippen LogP contribution in [-0.4, -0.2) is 25.6 Å². The normalized spacial score (nSPS) is 12.0. The predicted molar refractivity (Wildman–Crippen MR) is 64.4 cm³/mol. The summed E-state index contributed by atoms with van der Waals surface area (Å²) in [5.41, 5.74) is 0.250. The van der Waals surface area contributed by atoms with Crippen molar-refractivity contribution < 1.29 is 18.0 Å². The van der Waals surface area contributed by atoms with Gasteiger partial charge in [0.1, 0.15) is 0 Å². The molecule has 2 nitrogen and oxygen atoms in total. The lowest BCUT2D eigenvalue weighted by Crippen LogP contribution is -2.22. The number of halogens is 3. The van der Waals surface area contributed by atoms with Gasteiger partial charge >= 0.3 is 6.18 Å². The fraction of sp³-hybridized carbons (Fsp3) is 0.308. The van der Waals surface area contributed by atoms with Crippen molar-refractivity contribution in [3.63, 3.8) is 0 Å². The average molecular weight is 257 g/mol. The van der Waals surface area contributed by atoms with Gasteiger partial charge < -0.3 is 5.32 Å². The summed E-state index contributed by atoms with van der Waals surface area (Å²) in [6.07, 6.45) is -0.513. The monoisotopic (exact) mass is 257 g/mol. The molecule has 0 atom stereocenters. The molecule has 0 aliphatic carbocycles. The van der Waals surface area contributed by atoms with Crippen LogP contribution in [-0.2, 0) is 0 Å². The van der Waals surface area contributed by atoms with Gasteiger partial charge in [-0.05, 0) is 31.6 Å². The van der Waals surface area contributed by atoms with E-state index in [4.69, 9.17) is 0 Å². The van der Waals surface area contributed by atoms with E-state index in [0.717, 1.165) is 13.0 Å². The molecule has 1 aromatic carbocycles. The second-order valence-electron chi connectivity index (χ2n) is 3.75. The Morgan fingerprint density at radius 3 is 2.72 bits per heavy atom. The van der Waals surface area contributed by atoms with E-state index in [0.29, 0.717) is 5.56 Å². The highest BCUT2D eigenvalue weighted by Gasteiger charge is 2.39. The van der Waals surface area contributed by atoms with E-state index < -0.39 is 12.0 Å². The molecule has 0 saturated carbocycles. The molecule has 18 heavy (non-hydrogen) atoms. The molecule has 0 radical (unpaired) electrons. The molecule has 0 aliphatic heterocycles. The first kappa shape index (κ1) is 14.4. The zero-order valence-corrected chi connectivity index (χ0v) is 9.92. The van der Waals surface area contributed by atoms with Gasteiger partial charge in [-0.25, -0.2) is 0 Å². The fourth-order valence-electron chi connectivity index (χ4n) is 1.39. The smallest absolute Gasteiger partial charge is 0.319 e. The number of carbonyl (C=O) groups is 1. The molecule has 0 aliphatic rings. The van der Waals surface area contributed by atoms with Crippen LogP contribution >= 0.6 is 0 Å². The highest BCUT2D eigenvalue weighted by atomic mass is 19.4. The van der Waals surface area contributed by atoms with E-state index >= 15 is 0 Å². The third-order valence-electron chi connectivity index (χ3n) is 2.28. The van der Waals surface area contributed by atoms with E-state index in [2.05, 4.69) is 5.32 Å². The first-order valence-electron chi connectivity index (χ1n) is 5.48. The number of Topliss-reactive ketones (excluding diaryl/α,β-unsaturated/α-hetero) is 1. The van der Waals surface area contributed by atoms with Crippen molar-refractivity contribution in [1.82, 2.24) is 5.32 Å². The van der Waals surface area contributed by atoms with Crippen molar-refractivity contribution in [3.8, 4) is 0 Å². The molecule has 0 heterocycles. The highest BCUT2D eigenvalue weighted by molar-refractivity contribution is 6.00. The molecule has 0 spiro atoms. The number of hydrogen-bond donors (Lipinski definition) is 1. The zero-order chi connectivity index (χ0) is 13.6. The number of alkyl halides is 3. The van der Waals surface area contributed by atoms with Gasteiger partial charge in [-0.2, -0.15) is 13.2 Å². The van der Waals surface area contributed by atoms with E-state index in [1.807, 2.05) is 13.1 Å². The van der Waals surface area contributed by atoms with Crippen molar-refractivity contribution in [2.45, 2.75) is 12.6 Å². The summed E-state index contributed by atoms with van der Waals surface area (Å²) in [6, 6.07) is 5.51. The van der Waals surface area contributed by atoms with Crippen molar-refractivity contribution >= 4 is 11.9 Å². The Labute approximate surface area is 104 Å². The topological polar surface area (TPSA) is 29.1 Å². The Bertz CT molecular complexity index is 438. The van der Waals surface area contributed by atoms with Crippen LogP contribution in [0.1, 0.15) is 22.3 Å². The molecule has 0 aromatic heterocycles. The minimum absolute atomic E-state index is 0.335. The van der Waals surface area contributed by atoms with Gasteiger partial charge in [0.25, 0.3) is 5.78 Å². The van der Waals surface area contributed by atoms with Crippen LogP contribution in [0.2, 0.25) is 0 Å². The predicted octanol–water partition coefficient (Wildman–Crippen LogP) is 3.05. The molecule has 0 saturated heterocycles. The van der Waals surface area contributed by atoms with Crippen molar-refractivity contribution in [1.29, 1.82) is 0 Å². The molecular formula is C13H14F3NO. The van der Waals surface area contributed by atoms with Crippen molar-refractivity contribution in [2.75, 3.05) is 13.6 Å². The number of hydrogen-bond acceptors (Lipinski definition) is 2. The summed E-state index contributed by atoms with van der Waals surface area (Å²) >= 11 is 0. The minimum Gasteiger partial charge on any atom is -0.319 e. The van der Waals surface area contributed by atoms with E-state index in [1.165, 1.54) is 18.2 Å². The second-order valence-corrected chi connectivity index (χ2v) is 3.75. The second kappa shape index (κ2) is 6.35. The molecule has 0 bridgehead atoms. The lowest BCUT2D eigenvalue weighted by atomic mass is 10.1. The minimum atomic E-state index is -4.82. The van der Waals surface area contributed by atoms with E-state index in [1.54, 1.807) is 12.1 Å². The standard InChI is InChI=1S/C13H14F3NO/c1-17-8-3-2-5-10-6-4-7-11(9-10)12(18)13(14,15)16/h2,4-7,9,17H,3,8H2,1H3. The SMILES string of the molecule is CNCCC=Cc1cccc(C(=O)C(F)(F)F)c1. The molecule has 1 N–H and O–H groups in total. The Hall–Kier alpha value is -1.62. The molecule has 1 aromatic rings. The average Bonchev–Trinajstić information content (AvgIpc) is 2.33. The quantitative estimate of drug-likeness (QED) is 0.649. The van der Waals surface area contributed by atoms with Gasteiger partial charge in [0.2, 0.25) is 0 Å². The summed E-state index contributed by atoms with van der Waals surface area (Å²) in [5.74, 6) is -1.81. The first-order chi connectivity index (χ1) is 8.45. The van der Waals surface area contributed by atoms with Gasteiger partial charge in [0, 0.05) is 5.56 Å². The van der Waals surface area contributed by atoms with Crippen LogP contribution in [0.25, 0.3) is 6.08 Å². The Morgan fingerprint density at radius 2 is 2.11 bits per heavy atom. The van der Waals surface area contributed by atoms with Crippen LogP contribution in [0.15, 0.2) is 30.3 Å². The molecule has 0 unspecified atom stereocenters. The summed E-state index contributed by atoms with van der Waals surface area (Å²) in [7, 11) is 1.82. The third kappa shape index (κ3) is 4.33. The van der Waals surface area contributed by atoms with E-state index in [9.17, 15) is 18.0 Å². The van der Waals surface area contributed by atoms with Gasteiger partial charge in [-0.15, -0.1) is 0 Å². The van der Waals surface area contributed by atoms with Crippen LogP contribution in [0.5, 0.6) is 0 Å². The maximum absolute atomic E-state index is 12.2. The van der Waals surface area contributed by atoms with Gasteiger partial charge in [0.15, 0.2) is 0 Å². The summed E-state index contributed by atoms with van der Waals surface area (Å²) < 4.78 is 36.7. The number of benzene rings is 1. The molecule has 98 valence electrons. The lowest BCUT2D eigenvalue weighted by molar-refractivity contribution is -0.0885. The van der Waals surface area contributed by atoms with Gasteiger partial charge in [0.05, 0.1) is 0 Å². The maximum Gasteiger partial charge on any atom is 0.454 e. The van der Waals surface area contributed by atoms with Gasteiger partial charge in [-0.3, -0.25) is 4.79 Å². The lowest BCUT2D eigenvalue weighted by Gasteiger charge is -2.05. The van der Waals surface area contributed by atoms with E-state index in [-0.39, 0.29) is 5.56 Å². The summed E-state index contributed by atoms with van der Waals surface area (Å²) in [4.78, 5) is 11.0. The van der Waals surface area contributed by atoms with Crippen molar-refractivity contribution in [3.05, 3.63) is 41.5 Å². The first-order valence-corrected chi connectivity index (χ1v) is 5.48. The number of ketones is 1. The zero-order valence-electron chi connectivity index (χ0n) is 9.92. The third-order valence-corrected chi connectivity index (χ3v) is 2.28. The fourth-order valence-corrected chi connectivity index (χ4v) is 1.39. The number of nitrogens with one attached hydrogen (secondary N) is 1. The van der Waals surface area contributed by atoms with Crippen LogP contribution < -0.4 is 5.32 Å². The molecule has 0 amide bonds.